The molecule has 316 valence electrons. The summed E-state index contributed by atoms with van der Waals surface area (Å²) in [6, 6.07) is 70.2. The summed E-state index contributed by atoms with van der Waals surface area (Å²) in [6.07, 6.45) is 8.39. The maximum Gasteiger partial charge on any atom is 0.164 e. The number of nitrogens with zero attached hydrogens (tertiary/aromatic N) is 3. The van der Waals surface area contributed by atoms with Crippen LogP contribution >= 0.6 is 0 Å². The summed E-state index contributed by atoms with van der Waals surface area (Å²) in [4.78, 5) is 15.7. The van der Waals surface area contributed by atoms with Gasteiger partial charge in [0.05, 0.1) is 5.41 Å². The molecule has 0 amide bonds. The van der Waals surface area contributed by atoms with Crippen molar-refractivity contribution in [3.8, 4) is 79.0 Å². The molecule has 5 aliphatic carbocycles. The third kappa shape index (κ3) is 5.73. The van der Waals surface area contributed by atoms with Gasteiger partial charge in [-0.1, -0.05) is 176 Å². The van der Waals surface area contributed by atoms with Gasteiger partial charge in [-0.2, -0.15) is 0 Å². The first kappa shape index (κ1) is 37.9. The summed E-state index contributed by atoms with van der Waals surface area (Å²) in [5.74, 6) is 6.53. The van der Waals surface area contributed by atoms with Crippen LogP contribution in [0.15, 0.2) is 194 Å². The second kappa shape index (κ2) is 14.5. The second-order valence-corrected chi connectivity index (χ2v) is 19.7. The number of hydrogen-bond acceptors (Lipinski definition) is 4. The molecule has 1 aliphatic heterocycles. The Morgan fingerprint density at radius 1 is 0.364 bits per heavy atom. The van der Waals surface area contributed by atoms with Crippen LogP contribution in [0.1, 0.15) is 66.3 Å². The van der Waals surface area contributed by atoms with Crippen molar-refractivity contribution >= 4 is 0 Å². The Balaban J connectivity index is 0.878. The minimum Gasteiger partial charge on any atom is -0.457 e. The van der Waals surface area contributed by atoms with Gasteiger partial charge < -0.3 is 4.74 Å². The Morgan fingerprint density at radius 3 is 1.48 bits per heavy atom. The number of rotatable bonds is 6. The summed E-state index contributed by atoms with van der Waals surface area (Å²) < 4.78 is 6.60. The van der Waals surface area contributed by atoms with Gasteiger partial charge in [-0.25, -0.2) is 15.0 Å². The van der Waals surface area contributed by atoms with Crippen molar-refractivity contribution in [3.63, 3.8) is 0 Å². The number of aromatic nitrogens is 3. The van der Waals surface area contributed by atoms with Crippen molar-refractivity contribution in [1.29, 1.82) is 0 Å². The summed E-state index contributed by atoms with van der Waals surface area (Å²) in [6.45, 7) is 0. The molecule has 4 bridgehead atoms. The minimum absolute atomic E-state index is 0.337. The standard InChI is InChI=1S/C62H47N3O/c1-2-12-42(13-3-1)46-14-10-15-47(35-46)60-64-58(63-59(65-60)45-28-30-48(31-29-45)61-36-39-32-40(37-61)34-41(33-39)38-61)44-26-24-43(25-27-44)49-17-11-21-54-57(49)50-16-4-5-18-51(50)62(54)52-19-6-8-22-55(52)66-56-23-9-7-20-53(56)62/h1-31,35,39-41H,32-34,36-38H2. The van der Waals surface area contributed by atoms with Crippen LogP contribution in [0.5, 0.6) is 11.5 Å². The predicted molar refractivity (Wildman–Crippen MR) is 264 cm³/mol. The summed E-state index contributed by atoms with van der Waals surface area (Å²) in [7, 11) is 0. The molecule has 6 aliphatic rings. The quantitative estimate of drug-likeness (QED) is 0.167. The van der Waals surface area contributed by atoms with Crippen molar-refractivity contribution in [1.82, 2.24) is 15.0 Å². The zero-order chi connectivity index (χ0) is 43.4. The van der Waals surface area contributed by atoms with E-state index in [9.17, 15) is 0 Å². The van der Waals surface area contributed by atoms with Crippen LogP contribution in [0.4, 0.5) is 0 Å². The molecule has 0 radical (unpaired) electrons. The van der Waals surface area contributed by atoms with Crippen molar-refractivity contribution in [3.05, 3.63) is 222 Å². The van der Waals surface area contributed by atoms with Gasteiger partial charge in [-0.05, 0) is 130 Å². The first-order valence-electron chi connectivity index (χ1n) is 23.8. The molecule has 1 spiro atoms. The smallest absolute Gasteiger partial charge is 0.164 e. The van der Waals surface area contributed by atoms with Gasteiger partial charge in [0.1, 0.15) is 11.5 Å². The van der Waals surface area contributed by atoms with Crippen LogP contribution in [-0.4, -0.2) is 15.0 Å². The number of para-hydroxylation sites is 2. The molecule has 0 atom stereocenters. The van der Waals surface area contributed by atoms with Gasteiger partial charge in [-0.15, -0.1) is 0 Å². The van der Waals surface area contributed by atoms with Crippen molar-refractivity contribution < 1.29 is 4.74 Å². The highest BCUT2D eigenvalue weighted by molar-refractivity contribution is 5.96. The van der Waals surface area contributed by atoms with Crippen LogP contribution in [0.2, 0.25) is 0 Å². The Morgan fingerprint density at radius 2 is 0.833 bits per heavy atom. The number of ether oxygens (including phenoxy) is 1. The van der Waals surface area contributed by atoms with E-state index < -0.39 is 5.41 Å². The Kier molecular flexibility index (Phi) is 8.35. The lowest BCUT2D eigenvalue weighted by Crippen LogP contribution is -2.48. The minimum atomic E-state index is -0.518. The lowest BCUT2D eigenvalue weighted by atomic mass is 9.48. The normalized spacial score (nSPS) is 21.1. The predicted octanol–water partition coefficient (Wildman–Crippen LogP) is 15.1. The molecule has 4 fully saturated rings. The fraction of sp³-hybridized carbons (Fsp3) is 0.177. The SMILES string of the molecule is c1ccc(-c2cccc(-c3nc(-c4ccc(-c5cccc6c5-c5ccccc5C65c6ccccc6Oc6ccccc65)cc4)nc(-c4ccc(C56CC7CC(CC(C7)C5)C6)cc4)n3)c2)cc1. The monoisotopic (exact) mass is 849 g/mol. The van der Waals surface area contributed by atoms with Gasteiger partial charge >= 0.3 is 0 Å². The van der Waals surface area contributed by atoms with Crippen molar-refractivity contribution in [2.75, 3.05) is 0 Å². The first-order valence-corrected chi connectivity index (χ1v) is 23.8. The molecule has 4 heteroatoms. The average molecular weight is 850 g/mol. The summed E-state index contributed by atoms with van der Waals surface area (Å²) in [5.41, 5.74) is 16.3. The number of fused-ring (bicyclic) bond motifs is 9. The number of benzene rings is 8. The maximum atomic E-state index is 6.60. The molecule has 0 saturated heterocycles. The molecule has 0 N–H and O–H groups in total. The van der Waals surface area contributed by atoms with E-state index >= 15 is 0 Å². The largest absolute Gasteiger partial charge is 0.457 e. The van der Waals surface area contributed by atoms with Crippen molar-refractivity contribution in [2.24, 2.45) is 17.8 Å². The zero-order valence-corrected chi connectivity index (χ0v) is 36.7. The molecule has 15 rings (SSSR count). The summed E-state index contributed by atoms with van der Waals surface area (Å²) >= 11 is 0. The van der Waals surface area contributed by atoms with Crippen LogP contribution in [0, 0.1) is 17.8 Å². The van der Waals surface area contributed by atoms with Gasteiger partial charge in [0.25, 0.3) is 0 Å². The Hall–Kier alpha value is -7.43. The molecule has 9 aromatic rings. The van der Waals surface area contributed by atoms with E-state index in [1.54, 1.807) is 0 Å². The van der Waals surface area contributed by atoms with E-state index in [0.29, 0.717) is 22.9 Å². The lowest BCUT2D eigenvalue weighted by molar-refractivity contribution is -0.00518. The zero-order valence-electron chi connectivity index (χ0n) is 36.7. The molecule has 0 unspecified atom stereocenters. The third-order valence-electron chi connectivity index (χ3n) is 16.0. The number of hydrogen-bond donors (Lipinski definition) is 0. The molecular formula is C62H47N3O. The third-order valence-corrected chi connectivity index (χ3v) is 16.0. The van der Waals surface area contributed by atoms with Crippen LogP contribution in [-0.2, 0) is 10.8 Å². The van der Waals surface area contributed by atoms with Gasteiger partial charge in [0.2, 0.25) is 0 Å². The maximum absolute atomic E-state index is 6.60. The van der Waals surface area contributed by atoms with E-state index in [1.807, 2.05) is 0 Å². The van der Waals surface area contributed by atoms with E-state index in [-0.39, 0.29) is 0 Å². The van der Waals surface area contributed by atoms with Crippen molar-refractivity contribution in [2.45, 2.75) is 49.4 Å². The van der Waals surface area contributed by atoms with Gasteiger partial charge in [0.15, 0.2) is 17.5 Å². The molecule has 1 aromatic heterocycles. The molecule has 2 heterocycles. The molecule has 4 saturated carbocycles. The fourth-order valence-electron chi connectivity index (χ4n) is 13.6. The van der Waals surface area contributed by atoms with Crippen LogP contribution < -0.4 is 4.74 Å². The molecule has 66 heavy (non-hydrogen) atoms. The van der Waals surface area contributed by atoms with Crippen LogP contribution in [0.3, 0.4) is 0 Å². The Labute approximate surface area is 386 Å². The van der Waals surface area contributed by atoms with E-state index in [0.717, 1.165) is 62.6 Å². The van der Waals surface area contributed by atoms with E-state index in [4.69, 9.17) is 19.7 Å². The molecule has 4 nitrogen and oxygen atoms in total. The highest BCUT2D eigenvalue weighted by atomic mass is 16.5. The van der Waals surface area contributed by atoms with Gasteiger partial charge in [-0.3, -0.25) is 0 Å². The highest BCUT2D eigenvalue weighted by Crippen LogP contribution is 2.64. The second-order valence-electron chi connectivity index (χ2n) is 19.7. The van der Waals surface area contributed by atoms with E-state index in [2.05, 4.69) is 194 Å². The fourth-order valence-corrected chi connectivity index (χ4v) is 13.6. The molecular weight excluding hydrogens is 803 g/mol. The topological polar surface area (TPSA) is 47.9 Å². The summed E-state index contributed by atoms with van der Waals surface area (Å²) in [5, 5.41) is 0. The Bertz CT molecular complexity index is 3290. The van der Waals surface area contributed by atoms with E-state index in [1.165, 1.54) is 83.0 Å². The van der Waals surface area contributed by atoms with Crippen LogP contribution in [0.25, 0.3) is 67.5 Å². The van der Waals surface area contributed by atoms with Gasteiger partial charge in [0, 0.05) is 27.8 Å². The molecule has 8 aromatic carbocycles. The lowest BCUT2D eigenvalue weighted by Gasteiger charge is -2.57. The highest BCUT2D eigenvalue weighted by Gasteiger charge is 2.53. The first-order chi connectivity index (χ1) is 32.6. The average Bonchev–Trinajstić information content (AvgIpc) is 3.67.